The molecule has 0 unspecified atom stereocenters. The van der Waals surface area contributed by atoms with Crippen molar-refractivity contribution in [1.82, 2.24) is 9.78 Å². The highest BCUT2D eigenvalue weighted by atomic mass is 16.7. The Hall–Kier alpha value is -2.45. The Morgan fingerprint density at radius 2 is 1.85 bits per heavy atom. The molecule has 27 heavy (non-hydrogen) atoms. The van der Waals surface area contributed by atoms with Crippen LogP contribution in [0.5, 0.6) is 0 Å². The fourth-order valence-corrected chi connectivity index (χ4v) is 5.85. The van der Waals surface area contributed by atoms with Gasteiger partial charge in [0.25, 0.3) is 0 Å². The Labute approximate surface area is 157 Å². The van der Waals surface area contributed by atoms with E-state index in [1.54, 1.807) is 13.8 Å². The van der Waals surface area contributed by atoms with Gasteiger partial charge in [0, 0.05) is 0 Å². The van der Waals surface area contributed by atoms with Crippen LogP contribution in [-0.2, 0) is 16.2 Å². The highest BCUT2D eigenvalue weighted by Crippen LogP contribution is 2.60. The first-order valence-corrected chi connectivity index (χ1v) is 9.49. The van der Waals surface area contributed by atoms with Gasteiger partial charge in [0.05, 0.1) is 10.3 Å². The van der Waals surface area contributed by atoms with Gasteiger partial charge in [0.2, 0.25) is 0 Å². The third-order valence-corrected chi connectivity index (χ3v) is 6.55. The van der Waals surface area contributed by atoms with Crippen LogP contribution in [0.3, 0.4) is 0 Å². The molecule has 9 nitrogen and oxygen atoms in total. The van der Waals surface area contributed by atoms with Gasteiger partial charge >= 0.3 is 11.7 Å². The first kappa shape index (κ1) is 17.9. The minimum absolute atomic E-state index is 0.0339. The van der Waals surface area contributed by atoms with Gasteiger partial charge in [-0.1, -0.05) is 5.16 Å². The summed E-state index contributed by atoms with van der Waals surface area (Å²) in [5.41, 5.74) is 6.17. The largest absolute Gasteiger partial charge is 0.383 e. The Balaban J connectivity index is 1.43. The zero-order chi connectivity index (χ0) is 19.3. The molecule has 2 N–H and O–H groups in total. The van der Waals surface area contributed by atoms with Crippen molar-refractivity contribution >= 4 is 17.5 Å². The van der Waals surface area contributed by atoms with E-state index in [4.69, 9.17) is 10.6 Å². The quantitative estimate of drug-likeness (QED) is 0.277. The van der Waals surface area contributed by atoms with Crippen molar-refractivity contribution in [2.45, 2.75) is 58.9 Å². The molecule has 4 aliphatic carbocycles. The molecule has 1 heterocycles. The maximum Gasteiger partial charge on any atom is 0.341 e. The Bertz CT molecular complexity index is 793. The van der Waals surface area contributed by atoms with Crippen LogP contribution < -0.4 is 5.73 Å². The van der Waals surface area contributed by atoms with E-state index in [0.29, 0.717) is 29.1 Å². The van der Waals surface area contributed by atoms with Crippen molar-refractivity contribution in [2.24, 2.45) is 34.1 Å². The van der Waals surface area contributed by atoms with E-state index >= 15 is 0 Å². The zero-order valence-corrected chi connectivity index (χ0v) is 15.7. The van der Waals surface area contributed by atoms with Crippen LogP contribution in [-0.4, -0.2) is 26.5 Å². The standard InChI is InChI=1S/C18H25N5O4/c1-10-16(23(25)26)11(2)22(20-10)9-15(19)21-27-17(24)18-6-12-3-13(7-18)5-14(4-12)8-18/h12-14H,3-9H2,1-2H3,(H2,19,21). The first-order valence-electron chi connectivity index (χ1n) is 9.49. The molecule has 4 saturated carbocycles. The summed E-state index contributed by atoms with van der Waals surface area (Å²) in [5, 5.41) is 19.0. The summed E-state index contributed by atoms with van der Waals surface area (Å²) >= 11 is 0. The van der Waals surface area contributed by atoms with E-state index in [1.165, 1.54) is 23.9 Å². The summed E-state index contributed by atoms with van der Waals surface area (Å²) in [6.07, 6.45) is 6.43. The number of carbonyl (C=O) groups is 1. The summed E-state index contributed by atoms with van der Waals surface area (Å²) in [6.45, 7) is 3.21. The topological polar surface area (TPSA) is 126 Å². The van der Waals surface area contributed by atoms with Crippen LogP contribution in [0.4, 0.5) is 5.69 Å². The maximum atomic E-state index is 12.8. The number of oxime groups is 1. The van der Waals surface area contributed by atoms with Gasteiger partial charge in [-0.25, -0.2) is 4.79 Å². The second kappa shape index (κ2) is 6.31. The lowest BCUT2D eigenvalue weighted by Gasteiger charge is -2.54. The van der Waals surface area contributed by atoms with E-state index in [9.17, 15) is 14.9 Å². The van der Waals surface area contributed by atoms with Crippen LogP contribution in [0.25, 0.3) is 0 Å². The second-order valence-electron chi connectivity index (χ2n) is 8.59. The van der Waals surface area contributed by atoms with Crippen LogP contribution in [0.1, 0.15) is 49.9 Å². The molecule has 1 aromatic heterocycles. The average molecular weight is 375 g/mol. The third kappa shape index (κ3) is 3.08. The van der Waals surface area contributed by atoms with Crippen molar-refractivity contribution in [3.05, 3.63) is 21.5 Å². The average Bonchev–Trinajstić information content (AvgIpc) is 2.85. The number of nitrogens with zero attached hydrogens (tertiary/aromatic N) is 4. The number of carbonyl (C=O) groups excluding carboxylic acids is 1. The SMILES string of the molecule is Cc1nn(C/C(N)=N/OC(=O)C23CC4CC(CC(C4)C2)C3)c(C)c1[N+](=O)[O-]. The molecule has 1 aromatic rings. The molecule has 0 radical (unpaired) electrons. The number of nitrogens with two attached hydrogens (primary N) is 1. The number of rotatable bonds is 5. The summed E-state index contributed by atoms with van der Waals surface area (Å²) < 4.78 is 1.41. The molecular formula is C18H25N5O4. The van der Waals surface area contributed by atoms with Gasteiger partial charge in [-0.05, 0) is 70.1 Å². The maximum absolute atomic E-state index is 12.8. The van der Waals surface area contributed by atoms with Gasteiger partial charge in [0.1, 0.15) is 17.9 Å². The molecule has 4 fully saturated rings. The number of aryl methyl sites for hydroxylation is 1. The molecule has 0 amide bonds. The molecule has 9 heteroatoms. The summed E-state index contributed by atoms with van der Waals surface area (Å²) in [6, 6.07) is 0. The number of nitro groups is 1. The smallest absolute Gasteiger partial charge is 0.341 e. The normalized spacial score (nSPS) is 31.9. The van der Waals surface area contributed by atoms with Crippen molar-refractivity contribution in [3.8, 4) is 0 Å². The van der Waals surface area contributed by atoms with Crippen molar-refractivity contribution in [1.29, 1.82) is 0 Å². The minimum Gasteiger partial charge on any atom is -0.383 e. The number of amidine groups is 1. The van der Waals surface area contributed by atoms with E-state index in [-0.39, 0.29) is 24.0 Å². The lowest BCUT2D eigenvalue weighted by atomic mass is 9.49. The molecular weight excluding hydrogens is 350 g/mol. The van der Waals surface area contributed by atoms with Gasteiger partial charge in [-0.2, -0.15) is 5.10 Å². The lowest BCUT2D eigenvalue weighted by molar-refractivity contribution is -0.386. The van der Waals surface area contributed by atoms with Gasteiger partial charge in [-0.3, -0.25) is 14.8 Å². The van der Waals surface area contributed by atoms with Crippen LogP contribution in [0.2, 0.25) is 0 Å². The monoisotopic (exact) mass is 375 g/mol. The fraction of sp³-hybridized carbons (Fsp3) is 0.722. The molecule has 0 aromatic carbocycles. The number of hydrogen-bond donors (Lipinski definition) is 1. The molecule has 4 aliphatic rings. The number of aromatic nitrogens is 2. The Morgan fingerprint density at radius 3 is 2.33 bits per heavy atom. The zero-order valence-electron chi connectivity index (χ0n) is 15.7. The van der Waals surface area contributed by atoms with Crippen LogP contribution in [0.15, 0.2) is 5.16 Å². The molecule has 4 bridgehead atoms. The van der Waals surface area contributed by atoms with Gasteiger partial charge in [-0.15, -0.1) is 0 Å². The van der Waals surface area contributed by atoms with E-state index < -0.39 is 10.3 Å². The first-order chi connectivity index (χ1) is 12.8. The van der Waals surface area contributed by atoms with Crippen molar-refractivity contribution in [3.63, 3.8) is 0 Å². The van der Waals surface area contributed by atoms with Crippen LogP contribution >= 0.6 is 0 Å². The minimum atomic E-state index is -0.464. The molecule has 0 spiro atoms. The lowest BCUT2D eigenvalue weighted by Crippen LogP contribution is -2.50. The third-order valence-electron chi connectivity index (χ3n) is 6.55. The fourth-order valence-electron chi connectivity index (χ4n) is 5.85. The summed E-state index contributed by atoms with van der Waals surface area (Å²) in [7, 11) is 0. The highest BCUT2D eigenvalue weighted by molar-refractivity contribution is 5.82. The molecule has 146 valence electrons. The highest BCUT2D eigenvalue weighted by Gasteiger charge is 2.55. The summed E-state index contributed by atoms with van der Waals surface area (Å²) in [5.74, 6) is 1.71. The van der Waals surface area contributed by atoms with E-state index in [1.807, 2.05) is 0 Å². The predicted molar refractivity (Wildman–Crippen MR) is 96.7 cm³/mol. The van der Waals surface area contributed by atoms with E-state index in [2.05, 4.69) is 10.3 Å². The van der Waals surface area contributed by atoms with Crippen molar-refractivity contribution < 1.29 is 14.6 Å². The molecule has 5 rings (SSSR count). The molecule has 0 saturated heterocycles. The number of hydrogen-bond acceptors (Lipinski definition) is 6. The predicted octanol–water partition coefficient (Wildman–Crippen LogP) is 2.44. The van der Waals surface area contributed by atoms with Gasteiger partial charge < -0.3 is 10.6 Å². The second-order valence-corrected chi connectivity index (χ2v) is 8.59. The van der Waals surface area contributed by atoms with E-state index in [0.717, 1.165) is 19.3 Å². The summed E-state index contributed by atoms with van der Waals surface area (Å²) in [4.78, 5) is 28.6. The molecule has 0 atom stereocenters. The Morgan fingerprint density at radius 1 is 1.30 bits per heavy atom. The van der Waals surface area contributed by atoms with Gasteiger partial charge in [0.15, 0.2) is 5.84 Å². The van der Waals surface area contributed by atoms with Crippen molar-refractivity contribution in [2.75, 3.05) is 0 Å². The molecule has 0 aliphatic heterocycles. The van der Waals surface area contributed by atoms with Crippen LogP contribution in [0, 0.1) is 47.1 Å². The Kier molecular flexibility index (Phi) is 4.20.